The van der Waals surface area contributed by atoms with Gasteiger partial charge in [-0.05, 0) is 66.3 Å². The van der Waals surface area contributed by atoms with Gasteiger partial charge >= 0.3 is 11.9 Å². The van der Waals surface area contributed by atoms with Gasteiger partial charge in [0.25, 0.3) is 5.91 Å². The lowest BCUT2D eigenvalue weighted by atomic mass is 9.66. The molecule has 7 nitrogen and oxygen atoms in total. The Morgan fingerprint density at radius 3 is 1.74 bits per heavy atom. The Morgan fingerprint density at radius 2 is 1.41 bits per heavy atom. The number of aromatic hydroxyl groups is 1. The van der Waals surface area contributed by atoms with E-state index in [1.165, 1.54) is 6.92 Å². The fourth-order valence-corrected chi connectivity index (χ4v) is 5.39. The molecule has 2 bridgehead atoms. The molecule has 3 atom stereocenters. The molecule has 1 aliphatic heterocycles. The summed E-state index contributed by atoms with van der Waals surface area (Å²) in [6.07, 6.45) is 0.831. The zero-order valence-electron chi connectivity index (χ0n) is 22.1. The predicted molar refractivity (Wildman–Crippen MR) is 129 cm³/mol. The van der Waals surface area contributed by atoms with Gasteiger partial charge in [0.2, 0.25) is 0 Å². The molecule has 0 spiro atoms. The minimum atomic E-state index is -1.82. The summed E-state index contributed by atoms with van der Waals surface area (Å²) in [7, 11) is 0. The molecule has 1 aliphatic carbocycles. The number of phenolic OH excluding ortho intramolecular Hbond substituents is 1. The van der Waals surface area contributed by atoms with Crippen LogP contribution in [0.2, 0.25) is 0 Å². The average Bonchev–Trinajstić information content (AvgIpc) is 2.96. The molecule has 3 N–H and O–H groups in total. The third-order valence-electron chi connectivity index (χ3n) is 8.54. The molecule has 1 amide bonds. The van der Waals surface area contributed by atoms with E-state index in [0.717, 1.165) is 0 Å². The quantitative estimate of drug-likeness (QED) is 0.554. The summed E-state index contributed by atoms with van der Waals surface area (Å²) >= 11 is 0. The topological polar surface area (TPSA) is 113 Å². The first-order valence-corrected chi connectivity index (χ1v) is 11.8. The molecular formula is C27H39NO6. The van der Waals surface area contributed by atoms with Gasteiger partial charge in [-0.2, -0.15) is 0 Å². The Hall–Kier alpha value is -2.57. The lowest BCUT2D eigenvalue weighted by Gasteiger charge is -2.39. The number of fused-ring (bicyclic) bond motifs is 2. The van der Waals surface area contributed by atoms with Gasteiger partial charge in [-0.25, -0.2) is 4.79 Å². The van der Waals surface area contributed by atoms with Crippen molar-refractivity contribution in [1.82, 2.24) is 5.32 Å². The van der Waals surface area contributed by atoms with Crippen molar-refractivity contribution in [3.05, 3.63) is 28.8 Å². The molecular weight excluding hydrogens is 434 g/mol. The Balaban J connectivity index is 2.17. The van der Waals surface area contributed by atoms with Crippen LogP contribution in [0.1, 0.15) is 98.8 Å². The van der Waals surface area contributed by atoms with Gasteiger partial charge in [0, 0.05) is 5.41 Å². The predicted octanol–water partition coefficient (Wildman–Crippen LogP) is 4.53. The number of phenols is 1. The standard InChI is InChI=1S/C27H39NO6/c1-22(2,3)16-13-15(14-17(18(16)29)23(4,5)6)26(10,20(31)32)28-19(30)27-12-11-25(9,21(33)34-27)24(27,7)8/h13-14,29H,11-12H2,1-10H3,(H,28,30)(H,31,32). The number of carbonyl (C=O) groups is 3. The van der Waals surface area contributed by atoms with E-state index in [9.17, 15) is 24.6 Å². The molecule has 7 heteroatoms. The number of rotatable bonds is 4. The summed E-state index contributed by atoms with van der Waals surface area (Å²) in [5.41, 5.74) is -4.27. The van der Waals surface area contributed by atoms with Crippen LogP contribution >= 0.6 is 0 Å². The average molecular weight is 474 g/mol. The lowest BCUT2D eigenvalue weighted by Crippen LogP contribution is -2.60. The summed E-state index contributed by atoms with van der Waals surface area (Å²) in [5, 5.41) is 24.2. The number of carbonyl (C=O) groups excluding carboxylic acids is 2. The highest BCUT2D eigenvalue weighted by atomic mass is 16.6. The second-order valence-corrected chi connectivity index (χ2v) is 13.0. The van der Waals surface area contributed by atoms with Crippen LogP contribution in [0.5, 0.6) is 5.75 Å². The molecule has 3 rings (SSSR count). The number of aliphatic carboxylic acids is 1. The SMILES string of the molecule is CC(C)(C)c1cc(C(C)(NC(=O)C23CCC(C)(C(=O)O2)C3(C)C)C(=O)O)cc(C(C)(C)C)c1O. The van der Waals surface area contributed by atoms with Crippen LogP contribution in [-0.4, -0.2) is 33.7 Å². The first kappa shape index (κ1) is 26.0. The van der Waals surface area contributed by atoms with Gasteiger partial charge in [-0.3, -0.25) is 9.59 Å². The van der Waals surface area contributed by atoms with Crippen molar-refractivity contribution in [3.63, 3.8) is 0 Å². The number of hydrogen-bond acceptors (Lipinski definition) is 5. The Morgan fingerprint density at radius 1 is 0.941 bits per heavy atom. The first-order chi connectivity index (χ1) is 15.1. The van der Waals surface area contributed by atoms with Gasteiger partial charge in [0.1, 0.15) is 5.75 Å². The third kappa shape index (κ3) is 3.34. The van der Waals surface area contributed by atoms with Crippen molar-refractivity contribution >= 4 is 17.8 Å². The van der Waals surface area contributed by atoms with Gasteiger partial charge < -0.3 is 20.3 Å². The van der Waals surface area contributed by atoms with E-state index in [-0.39, 0.29) is 5.75 Å². The molecule has 0 aromatic heterocycles. The van der Waals surface area contributed by atoms with E-state index in [4.69, 9.17) is 4.74 Å². The normalized spacial score (nSPS) is 27.8. The number of nitrogens with one attached hydrogen (secondary N) is 1. The van der Waals surface area contributed by atoms with Crippen LogP contribution in [0.4, 0.5) is 0 Å². The molecule has 2 fully saturated rings. The highest BCUT2D eigenvalue weighted by molar-refractivity contribution is 5.98. The van der Waals surface area contributed by atoms with E-state index >= 15 is 0 Å². The number of benzene rings is 1. The van der Waals surface area contributed by atoms with Crippen molar-refractivity contribution in [2.45, 2.75) is 104 Å². The molecule has 1 saturated carbocycles. The van der Waals surface area contributed by atoms with E-state index < -0.39 is 50.6 Å². The van der Waals surface area contributed by atoms with Crippen molar-refractivity contribution in [3.8, 4) is 5.75 Å². The lowest BCUT2D eigenvalue weighted by molar-refractivity contribution is -0.170. The third-order valence-corrected chi connectivity index (χ3v) is 8.54. The molecule has 1 aromatic rings. The maximum atomic E-state index is 13.8. The summed E-state index contributed by atoms with van der Waals surface area (Å²) in [6.45, 7) is 18.5. The van der Waals surface area contributed by atoms with Gasteiger partial charge in [-0.1, -0.05) is 55.4 Å². The van der Waals surface area contributed by atoms with Gasteiger partial charge in [-0.15, -0.1) is 0 Å². The Kier molecular flexibility index (Phi) is 5.53. The molecule has 0 radical (unpaired) electrons. The monoisotopic (exact) mass is 473 g/mol. The van der Waals surface area contributed by atoms with E-state index in [1.807, 2.05) is 55.4 Å². The van der Waals surface area contributed by atoms with E-state index in [0.29, 0.717) is 29.5 Å². The zero-order chi connectivity index (χ0) is 26.3. The molecule has 1 saturated heterocycles. The molecule has 1 aromatic carbocycles. The fraction of sp³-hybridized carbons (Fsp3) is 0.667. The smallest absolute Gasteiger partial charge is 0.333 e. The zero-order valence-corrected chi connectivity index (χ0v) is 22.1. The highest BCUT2D eigenvalue weighted by Gasteiger charge is 2.76. The van der Waals surface area contributed by atoms with Crippen LogP contribution in [0.15, 0.2) is 12.1 Å². The van der Waals surface area contributed by atoms with Crippen LogP contribution in [0.3, 0.4) is 0 Å². The number of carboxylic acid groups (broad SMARTS) is 1. The van der Waals surface area contributed by atoms with Gasteiger partial charge in [0.15, 0.2) is 11.1 Å². The number of carboxylic acids is 1. The second kappa shape index (κ2) is 7.22. The summed E-state index contributed by atoms with van der Waals surface area (Å²) in [5.74, 6) is -2.16. The number of hydrogen-bond donors (Lipinski definition) is 3. The summed E-state index contributed by atoms with van der Waals surface area (Å²) in [4.78, 5) is 39.1. The second-order valence-electron chi connectivity index (χ2n) is 13.0. The highest BCUT2D eigenvalue weighted by Crippen LogP contribution is 2.65. The largest absolute Gasteiger partial charge is 0.507 e. The Labute approximate surface area is 202 Å². The number of esters is 1. The number of ether oxygens (including phenoxy) is 1. The van der Waals surface area contributed by atoms with Crippen LogP contribution in [-0.2, 0) is 35.5 Å². The molecule has 1 heterocycles. The minimum absolute atomic E-state index is 0.124. The minimum Gasteiger partial charge on any atom is -0.507 e. The Bertz CT molecular complexity index is 1040. The van der Waals surface area contributed by atoms with Crippen LogP contribution < -0.4 is 5.32 Å². The molecule has 2 aliphatic rings. The molecule has 188 valence electrons. The van der Waals surface area contributed by atoms with Crippen molar-refractivity contribution in [2.24, 2.45) is 10.8 Å². The van der Waals surface area contributed by atoms with E-state index in [2.05, 4.69) is 5.32 Å². The van der Waals surface area contributed by atoms with Crippen molar-refractivity contribution in [1.29, 1.82) is 0 Å². The van der Waals surface area contributed by atoms with Crippen LogP contribution in [0.25, 0.3) is 0 Å². The number of amides is 1. The maximum Gasteiger partial charge on any atom is 0.333 e. The maximum absolute atomic E-state index is 13.8. The fourth-order valence-electron chi connectivity index (χ4n) is 5.39. The van der Waals surface area contributed by atoms with Crippen molar-refractivity contribution < 1.29 is 29.3 Å². The summed E-state index contributed by atoms with van der Waals surface area (Å²) in [6, 6.07) is 3.31. The summed E-state index contributed by atoms with van der Waals surface area (Å²) < 4.78 is 5.68. The molecule has 3 unspecified atom stereocenters. The van der Waals surface area contributed by atoms with Crippen LogP contribution in [0, 0.1) is 10.8 Å². The molecule has 34 heavy (non-hydrogen) atoms. The first-order valence-electron chi connectivity index (χ1n) is 11.8. The van der Waals surface area contributed by atoms with Gasteiger partial charge in [0.05, 0.1) is 5.41 Å². The van der Waals surface area contributed by atoms with Crippen molar-refractivity contribution in [2.75, 3.05) is 0 Å². The van der Waals surface area contributed by atoms with E-state index in [1.54, 1.807) is 19.1 Å².